The number of hydrogen-bond donors (Lipinski definition) is 2. The zero-order chi connectivity index (χ0) is 21.1. The molecule has 0 fully saturated rings. The standard InChI is InChI=1S/C19H13BrClN3O4S/c1-10-2-3-11(8-14(10)21)16-6-7-17(28-16)18(25)23-19(29)22-15-5-4-12(24(26)27)9-13(15)20/h2-9H,1H3,(H2,22,23,25,29). The van der Waals surface area contributed by atoms with Crippen LogP contribution in [0.1, 0.15) is 16.1 Å². The van der Waals surface area contributed by atoms with Gasteiger partial charge in [0.2, 0.25) is 0 Å². The van der Waals surface area contributed by atoms with Gasteiger partial charge in [0, 0.05) is 27.2 Å². The molecular formula is C19H13BrClN3O4S. The van der Waals surface area contributed by atoms with Crippen LogP contribution in [0.4, 0.5) is 11.4 Å². The molecule has 0 saturated heterocycles. The lowest BCUT2D eigenvalue weighted by Crippen LogP contribution is -2.34. The lowest BCUT2D eigenvalue weighted by Gasteiger charge is -2.10. The summed E-state index contributed by atoms with van der Waals surface area (Å²) < 4.78 is 6.03. The zero-order valence-electron chi connectivity index (χ0n) is 14.9. The molecule has 0 spiro atoms. The summed E-state index contributed by atoms with van der Waals surface area (Å²) in [5.41, 5.74) is 2.08. The van der Waals surface area contributed by atoms with Crippen molar-refractivity contribution in [2.24, 2.45) is 0 Å². The van der Waals surface area contributed by atoms with Gasteiger partial charge in [0.1, 0.15) is 5.76 Å². The number of nitrogens with one attached hydrogen (secondary N) is 2. The molecule has 0 aliphatic heterocycles. The Morgan fingerprint density at radius 2 is 1.97 bits per heavy atom. The van der Waals surface area contributed by atoms with Gasteiger partial charge in [-0.1, -0.05) is 23.7 Å². The van der Waals surface area contributed by atoms with Crippen LogP contribution < -0.4 is 10.6 Å². The lowest BCUT2D eigenvalue weighted by molar-refractivity contribution is -0.384. The van der Waals surface area contributed by atoms with E-state index < -0.39 is 10.8 Å². The molecule has 0 atom stereocenters. The Morgan fingerprint density at radius 1 is 1.21 bits per heavy atom. The summed E-state index contributed by atoms with van der Waals surface area (Å²) in [5.74, 6) is 0.0302. The average molecular weight is 495 g/mol. The van der Waals surface area contributed by atoms with Crippen LogP contribution in [-0.2, 0) is 0 Å². The Morgan fingerprint density at radius 3 is 2.62 bits per heavy atom. The third-order valence-corrected chi connectivity index (χ3v) is 5.19. The van der Waals surface area contributed by atoms with Gasteiger partial charge >= 0.3 is 0 Å². The molecule has 148 valence electrons. The molecule has 1 aromatic heterocycles. The lowest BCUT2D eigenvalue weighted by atomic mass is 10.1. The van der Waals surface area contributed by atoms with Crippen molar-refractivity contribution < 1.29 is 14.1 Å². The fourth-order valence-corrected chi connectivity index (χ4v) is 3.25. The molecule has 2 aromatic carbocycles. The smallest absolute Gasteiger partial charge is 0.293 e. The fourth-order valence-electron chi connectivity index (χ4n) is 2.40. The maximum atomic E-state index is 12.4. The Hall–Kier alpha value is -2.75. The summed E-state index contributed by atoms with van der Waals surface area (Å²) in [7, 11) is 0. The highest BCUT2D eigenvalue weighted by Crippen LogP contribution is 2.28. The number of thiocarbonyl (C=S) groups is 1. The Bertz CT molecular complexity index is 1130. The van der Waals surface area contributed by atoms with E-state index in [0.717, 1.165) is 11.1 Å². The number of nitrogens with zero attached hydrogens (tertiary/aromatic N) is 1. The van der Waals surface area contributed by atoms with E-state index in [2.05, 4.69) is 26.6 Å². The fraction of sp³-hybridized carbons (Fsp3) is 0.0526. The van der Waals surface area contributed by atoms with Crippen molar-refractivity contribution >= 4 is 62.1 Å². The van der Waals surface area contributed by atoms with Gasteiger partial charge in [-0.25, -0.2) is 0 Å². The molecule has 1 heterocycles. The van der Waals surface area contributed by atoms with Crippen LogP contribution in [0.25, 0.3) is 11.3 Å². The number of non-ortho nitro benzene ring substituents is 1. The van der Waals surface area contributed by atoms with Gasteiger partial charge < -0.3 is 9.73 Å². The normalized spacial score (nSPS) is 10.4. The first-order chi connectivity index (χ1) is 13.7. The molecule has 29 heavy (non-hydrogen) atoms. The van der Waals surface area contributed by atoms with Gasteiger partial charge in [-0.05, 0) is 64.9 Å². The Kier molecular flexibility index (Phi) is 6.31. The van der Waals surface area contributed by atoms with Crippen molar-refractivity contribution in [2.75, 3.05) is 5.32 Å². The first kappa shape index (κ1) is 21.0. The quantitative estimate of drug-likeness (QED) is 0.274. The predicted octanol–water partition coefficient (Wildman–Crippen LogP) is 5.71. The third-order valence-electron chi connectivity index (χ3n) is 3.92. The van der Waals surface area contributed by atoms with Gasteiger partial charge in [-0.15, -0.1) is 0 Å². The van der Waals surface area contributed by atoms with E-state index in [1.54, 1.807) is 12.1 Å². The van der Waals surface area contributed by atoms with Crippen LogP contribution in [-0.4, -0.2) is 15.9 Å². The number of halogens is 2. The summed E-state index contributed by atoms with van der Waals surface area (Å²) in [6, 6.07) is 12.8. The average Bonchev–Trinajstić information content (AvgIpc) is 3.15. The number of furan rings is 1. The summed E-state index contributed by atoms with van der Waals surface area (Å²) in [4.78, 5) is 22.7. The van der Waals surface area contributed by atoms with Crippen LogP contribution in [0.3, 0.4) is 0 Å². The van der Waals surface area contributed by atoms with Crippen molar-refractivity contribution in [3.63, 3.8) is 0 Å². The largest absolute Gasteiger partial charge is 0.451 e. The van der Waals surface area contributed by atoms with Crippen molar-refractivity contribution in [3.05, 3.63) is 79.5 Å². The highest BCUT2D eigenvalue weighted by molar-refractivity contribution is 9.10. The second-order valence-electron chi connectivity index (χ2n) is 5.96. The van der Waals surface area contributed by atoms with Crippen LogP contribution in [0.15, 0.2) is 57.4 Å². The van der Waals surface area contributed by atoms with Crippen LogP contribution in [0, 0.1) is 17.0 Å². The van der Waals surface area contributed by atoms with Crippen LogP contribution in [0.5, 0.6) is 0 Å². The summed E-state index contributed by atoms with van der Waals surface area (Å²) >= 11 is 14.5. The molecule has 0 aliphatic carbocycles. The van der Waals surface area contributed by atoms with E-state index >= 15 is 0 Å². The number of amides is 1. The molecule has 1 amide bonds. The molecule has 2 N–H and O–H groups in total. The number of nitro benzene ring substituents is 1. The maximum Gasteiger partial charge on any atom is 0.293 e. The van der Waals surface area contributed by atoms with Gasteiger partial charge in [0.25, 0.3) is 11.6 Å². The second kappa shape index (κ2) is 8.73. The third kappa shape index (κ3) is 5.00. The molecule has 0 radical (unpaired) electrons. The number of nitro groups is 1. The number of anilines is 1. The topological polar surface area (TPSA) is 97.4 Å². The van der Waals surface area contributed by atoms with Crippen LogP contribution in [0.2, 0.25) is 5.02 Å². The second-order valence-corrected chi connectivity index (χ2v) is 7.63. The number of benzene rings is 2. The number of hydrogen-bond acceptors (Lipinski definition) is 5. The Balaban J connectivity index is 1.67. The number of aryl methyl sites for hydroxylation is 1. The van der Waals surface area contributed by atoms with E-state index in [0.29, 0.717) is 20.9 Å². The van der Waals surface area contributed by atoms with Gasteiger partial charge in [0.15, 0.2) is 10.9 Å². The minimum absolute atomic E-state index is 0.0147. The van der Waals surface area contributed by atoms with Gasteiger partial charge in [-0.2, -0.15) is 0 Å². The highest BCUT2D eigenvalue weighted by atomic mass is 79.9. The predicted molar refractivity (Wildman–Crippen MR) is 118 cm³/mol. The van der Waals surface area contributed by atoms with E-state index in [4.69, 9.17) is 28.2 Å². The minimum Gasteiger partial charge on any atom is -0.451 e. The molecule has 0 aliphatic rings. The number of carbonyl (C=O) groups excluding carboxylic acids is 1. The summed E-state index contributed by atoms with van der Waals surface area (Å²) in [5, 5.41) is 16.7. The van der Waals surface area contributed by atoms with E-state index in [1.807, 2.05) is 19.1 Å². The molecule has 7 nitrogen and oxygen atoms in total. The SMILES string of the molecule is Cc1ccc(-c2ccc(C(=O)NC(=S)Nc3ccc([N+](=O)[O-])cc3Br)o2)cc1Cl. The number of carbonyl (C=O) groups is 1. The van der Waals surface area contributed by atoms with Crippen molar-refractivity contribution in [1.29, 1.82) is 0 Å². The first-order valence-electron chi connectivity index (χ1n) is 8.17. The molecular weight excluding hydrogens is 482 g/mol. The monoisotopic (exact) mass is 493 g/mol. The van der Waals surface area contributed by atoms with E-state index in [1.165, 1.54) is 24.3 Å². The minimum atomic E-state index is -0.537. The summed E-state index contributed by atoms with van der Waals surface area (Å²) in [6.07, 6.45) is 0. The number of rotatable bonds is 4. The molecule has 3 rings (SSSR count). The van der Waals surface area contributed by atoms with E-state index in [9.17, 15) is 14.9 Å². The molecule has 3 aromatic rings. The molecule has 0 saturated carbocycles. The van der Waals surface area contributed by atoms with Gasteiger partial charge in [0.05, 0.1) is 10.6 Å². The molecule has 10 heteroatoms. The van der Waals surface area contributed by atoms with Crippen molar-refractivity contribution in [3.8, 4) is 11.3 Å². The van der Waals surface area contributed by atoms with Gasteiger partial charge in [-0.3, -0.25) is 20.2 Å². The zero-order valence-corrected chi connectivity index (χ0v) is 18.0. The maximum absolute atomic E-state index is 12.4. The molecule has 0 unspecified atom stereocenters. The van der Waals surface area contributed by atoms with E-state index in [-0.39, 0.29) is 16.6 Å². The van der Waals surface area contributed by atoms with Crippen molar-refractivity contribution in [1.82, 2.24) is 5.32 Å². The highest BCUT2D eigenvalue weighted by Gasteiger charge is 2.15. The Labute approximate surface area is 184 Å². The van der Waals surface area contributed by atoms with Crippen molar-refractivity contribution in [2.45, 2.75) is 6.92 Å². The molecule has 0 bridgehead atoms. The summed E-state index contributed by atoms with van der Waals surface area (Å²) in [6.45, 7) is 1.89. The first-order valence-corrected chi connectivity index (χ1v) is 9.75. The van der Waals surface area contributed by atoms with Crippen LogP contribution >= 0.6 is 39.7 Å².